The van der Waals surface area contributed by atoms with E-state index in [0.717, 1.165) is 34.2 Å². The predicted octanol–water partition coefficient (Wildman–Crippen LogP) is 6.26. The molecule has 142 valence electrons. The minimum Gasteiger partial charge on any atom is -0.333 e. The first kappa shape index (κ1) is 23.4. The van der Waals surface area contributed by atoms with E-state index in [9.17, 15) is 4.39 Å². The topological polar surface area (TPSA) is 41.6 Å². The number of aryl methyl sites for hydroxylation is 1. The molecule has 0 bridgehead atoms. The second-order valence-electron chi connectivity index (χ2n) is 5.32. The number of H-pyrrole nitrogens is 1. The Bertz CT molecular complexity index is 845. The maximum atomic E-state index is 13.2. The SMILES string of the molecule is Cc1cc(SCCCCl)cc(CSc2nc3cc(F)ccc3[nH]2)n1.Cl.Cl. The third-order valence-electron chi connectivity index (χ3n) is 3.31. The Morgan fingerprint density at radius 1 is 1.12 bits per heavy atom. The molecule has 1 N–H and O–H groups in total. The van der Waals surface area contributed by atoms with Gasteiger partial charge in [0.1, 0.15) is 5.82 Å². The van der Waals surface area contributed by atoms with Crippen molar-refractivity contribution >= 4 is 71.0 Å². The van der Waals surface area contributed by atoms with E-state index in [1.54, 1.807) is 29.6 Å². The summed E-state index contributed by atoms with van der Waals surface area (Å²) in [4.78, 5) is 13.4. The molecule has 0 saturated heterocycles. The Kier molecular flexibility index (Phi) is 10.1. The van der Waals surface area contributed by atoms with Crippen LogP contribution in [0.5, 0.6) is 0 Å². The average Bonchev–Trinajstić information content (AvgIpc) is 2.95. The lowest BCUT2D eigenvalue weighted by Gasteiger charge is -2.06. The fraction of sp³-hybridized carbons (Fsp3) is 0.294. The van der Waals surface area contributed by atoms with Crippen molar-refractivity contribution in [3.05, 3.63) is 47.5 Å². The summed E-state index contributed by atoms with van der Waals surface area (Å²) in [6.45, 7) is 2.00. The van der Waals surface area contributed by atoms with Crippen LogP contribution in [0.1, 0.15) is 17.8 Å². The predicted molar refractivity (Wildman–Crippen MR) is 115 cm³/mol. The second-order valence-corrected chi connectivity index (χ2v) is 7.83. The summed E-state index contributed by atoms with van der Waals surface area (Å²) in [5.74, 6) is 2.14. The van der Waals surface area contributed by atoms with E-state index in [2.05, 4.69) is 27.1 Å². The summed E-state index contributed by atoms with van der Waals surface area (Å²) in [5.41, 5.74) is 3.51. The van der Waals surface area contributed by atoms with E-state index in [1.807, 2.05) is 6.92 Å². The highest BCUT2D eigenvalue weighted by Gasteiger charge is 2.07. The lowest BCUT2D eigenvalue weighted by molar-refractivity contribution is 0.629. The quantitative estimate of drug-likeness (QED) is 0.260. The molecule has 0 atom stereocenters. The Morgan fingerprint density at radius 2 is 1.92 bits per heavy atom. The van der Waals surface area contributed by atoms with Gasteiger partial charge in [-0.05, 0) is 43.4 Å². The fourth-order valence-electron chi connectivity index (χ4n) is 2.27. The van der Waals surface area contributed by atoms with Gasteiger partial charge >= 0.3 is 0 Å². The van der Waals surface area contributed by atoms with Crippen LogP contribution >= 0.6 is 59.9 Å². The van der Waals surface area contributed by atoms with Crippen molar-refractivity contribution in [2.45, 2.75) is 29.1 Å². The number of thioether (sulfide) groups is 2. The maximum absolute atomic E-state index is 13.2. The molecule has 26 heavy (non-hydrogen) atoms. The number of rotatable bonds is 7. The highest BCUT2D eigenvalue weighted by Crippen LogP contribution is 2.26. The molecule has 3 aromatic rings. The molecule has 0 saturated carbocycles. The van der Waals surface area contributed by atoms with E-state index in [4.69, 9.17) is 11.6 Å². The third kappa shape index (κ3) is 6.50. The molecule has 0 amide bonds. The zero-order chi connectivity index (χ0) is 16.9. The van der Waals surface area contributed by atoms with Crippen molar-refractivity contribution in [1.82, 2.24) is 15.0 Å². The van der Waals surface area contributed by atoms with Gasteiger partial charge in [-0.3, -0.25) is 4.98 Å². The number of halogens is 4. The Hall–Kier alpha value is -0.660. The van der Waals surface area contributed by atoms with Gasteiger partial charge < -0.3 is 4.98 Å². The van der Waals surface area contributed by atoms with Gasteiger partial charge in [-0.1, -0.05) is 11.8 Å². The van der Waals surface area contributed by atoms with Crippen LogP contribution in [-0.4, -0.2) is 26.6 Å². The van der Waals surface area contributed by atoms with Crippen molar-refractivity contribution in [2.75, 3.05) is 11.6 Å². The molecule has 0 unspecified atom stereocenters. The van der Waals surface area contributed by atoms with Gasteiger partial charge in [0.2, 0.25) is 0 Å². The second kappa shape index (κ2) is 11.2. The third-order valence-corrected chi connectivity index (χ3v) is 5.54. The average molecular weight is 455 g/mol. The molecule has 0 radical (unpaired) electrons. The van der Waals surface area contributed by atoms with Crippen LogP contribution in [-0.2, 0) is 5.75 Å². The van der Waals surface area contributed by atoms with E-state index >= 15 is 0 Å². The number of pyridine rings is 1. The summed E-state index contributed by atoms with van der Waals surface area (Å²) in [5, 5.41) is 0.773. The van der Waals surface area contributed by atoms with Crippen molar-refractivity contribution in [3.63, 3.8) is 0 Å². The number of hydrogen-bond acceptors (Lipinski definition) is 4. The van der Waals surface area contributed by atoms with Gasteiger partial charge in [0.25, 0.3) is 0 Å². The van der Waals surface area contributed by atoms with Crippen LogP contribution in [0.25, 0.3) is 11.0 Å². The van der Waals surface area contributed by atoms with Gasteiger partial charge in [0, 0.05) is 28.3 Å². The molecule has 2 heterocycles. The largest absolute Gasteiger partial charge is 0.333 e. The number of nitrogens with zero attached hydrogens (tertiary/aromatic N) is 2. The summed E-state index contributed by atoms with van der Waals surface area (Å²) in [6, 6.07) is 8.78. The van der Waals surface area contributed by atoms with E-state index in [-0.39, 0.29) is 30.6 Å². The van der Waals surface area contributed by atoms with Gasteiger partial charge in [0.05, 0.1) is 16.7 Å². The van der Waals surface area contributed by atoms with E-state index in [1.165, 1.54) is 17.0 Å². The smallest absolute Gasteiger partial charge is 0.166 e. The van der Waals surface area contributed by atoms with Crippen LogP contribution in [0, 0.1) is 12.7 Å². The summed E-state index contributed by atoms with van der Waals surface area (Å²) in [7, 11) is 0. The minimum absolute atomic E-state index is 0. The first-order chi connectivity index (χ1) is 11.6. The van der Waals surface area contributed by atoms with E-state index < -0.39 is 0 Å². The number of benzene rings is 1. The maximum Gasteiger partial charge on any atom is 0.166 e. The molecule has 2 aromatic heterocycles. The summed E-state index contributed by atoms with van der Waals surface area (Å²) >= 11 is 9.10. The number of nitrogens with one attached hydrogen (secondary N) is 1. The number of fused-ring (bicyclic) bond motifs is 1. The van der Waals surface area contributed by atoms with Crippen molar-refractivity contribution in [3.8, 4) is 0 Å². The molecule has 0 aliphatic rings. The normalized spacial score (nSPS) is 10.4. The molecule has 0 spiro atoms. The number of aromatic amines is 1. The monoisotopic (exact) mass is 453 g/mol. The number of alkyl halides is 1. The van der Waals surface area contributed by atoms with Crippen LogP contribution in [0.4, 0.5) is 4.39 Å². The lowest BCUT2D eigenvalue weighted by Crippen LogP contribution is -1.92. The Balaban J connectivity index is 0.00000169. The van der Waals surface area contributed by atoms with Crippen LogP contribution < -0.4 is 0 Å². The summed E-state index contributed by atoms with van der Waals surface area (Å²) < 4.78 is 13.2. The van der Waals surface area contributed by atoms with Gasteiger partial charge in [-0.25, -0.2) is 9.37 Å². The number of aromatic nitrogens is 3. The van der Waals surface area contributed by atoms with Crippen molar-refractivity contribution in [1.29, 1.82) is 0 Å². The molecule has 0 fully saturated rings. The van der Waals surface area contributed by atoms with Gasteiger partial charge in [0.15, 0.2) is 5.16 Å². The van der Waals surface area contributed by atoms with Gasteiger partial charge in [-0.15, -0.1) is 48.2 Å². The van der Waals surface area contributed by atoms with Gasteiger partial charge in [-0.2, -0.15) is 0 Å². The molecule has 0 aliphatic carbocycles. The minimum atomic E-state index is -0.274. The highest BCUT2D eigenvalue weighted by atomic mass is 35.5. The zero-order valence-electron chi connectivity index (χ0n) is 14.0. The standard InChI is InChI=1S/C17H17ClFN3S2.2ClH/c1-11-7-14(23-6-2-5-18)9-13(20-11)10-24-17-21-15-4-3-12(19)8-16(15)22-17;;/h3-4,7-9H,2,5-6,10H2,1H3,(H,21,22);2*1H. The molecular formula is C17H19Cl3FN3S2. The molecule has 0 aliphatic heterocycles. The number of imidazole rings is 1. The highest BCUT2D eigenvalue weighted by molar-refractivity contribution is 7.99. The number of hydrogen-bond donors (Lipinski definition) is 1. The van der Waals surface area contributed by atoms with Crippen molar-refractivity contribution < 1.29 is 4.39 Å². The molecule has 3 nitrogen and oxygen atoms in total. The van der Waals surface area contributed by atoms with Crippen molar-refractivity contribution in [2.24, 2.45) is 0 Å². The Labute approximate surface area is 178 Å². The Morgan fingerprint density at radius 3 is 2.69 bits per heavy atom. The molecule has 9 heteroatoms. The fourth-order valence-corrected chi connectivity index (χ4v) is 4.34. The molecule has 3 rings (SSSR count). The zero-order valence-corrected chi connectivity index (χ0v) is 18.0. The van der Waals surface area contributed by atoms with Crippen LogP contribution in [0.3, 0.4) is 0 Å². The molecular weight excluding hydrogens is 436 g/mol. The first-order valence-electron chi connectivity index (χ1n) is 7.58. The van der Waals surface area contributed by atoms with Crippen LogP contribution in [0.15, 0.2) is 40.4 Å². The molecule has 1 aromatic carbocycles. The first-order valence-corrected chi connectivity index (χ1v) is 10.1. The van der Waals surface area contributed by atoms with E-state index in [0.29, 0.717) is 17.1 Å². The van der Waals surface area contributed by atoms with Crippen LogP contribution in [0.2, 0.25) is 0 Å². The lowest BCUT2D eigenvalue weighted by atomic mass is 10.3. The summed E-state index contributed by atoms with van der Waals surface area (Å²) in [6.07, 6.45) is 0.993.